The van der Waals surface area contributed by atoms with Crippen LogP contribution in [0.2, 0.25) is 0 Å². The molecule has 5 heteroatoms. The van der Waals surface area contributed by atoms with Crippen LogP contribution < -0.4 is 4.74 Å². The van der Waals surface area contributed by atoms with Gasteiger partial charge >= 0.3 is 5.97 Å². The van der Waals surface area contributed by atoms with Crippen molar-refractivity contribution in [1.29, 1.82) is 0 Å². The second-order valence-corrected chi connectivity index (χ2v) is 3.09. The number of nitrogens with zero attached hydrogens (tertiary/aromatic N) is 2. The lowest BCUT2D eigenvalue weighted by Gasteiger charge is -2.06. The number of carbonyl (C=O) groups is 1. The van der Waals surface area contributed by atoms with Gasteiger partial charge < -0.3 is 9.47 Å². The zero-order valence-corrected chi connectivity index (χ0v) is 8.93. The lowest BCUT2D eigenvalue weighted by molar-refractivity contribution is 0.0600. The van der Waals surface area contributed by atoms with E-state index in [0.29, 0.717) is 22.3 Å². The summed E-state index contributed by atoms with van der Waals surface area (Å²) in [5, 5.41) is 0. The standard InChI is InChI=1S/C11H10N2O3/c1-15-9-6-7(11(14)16-2)5-8-10(9)13-4-3-12-8/h3-6H,1-2H3. The Hall–Kier alpha value is -2.17. The van der Waals surface area contributed by atoms with Crippen LogP contribution in [0.25, 0.3) is 11.0 Å². The molecule has 0 N–H and O–H groups in total. The van der Waals surface area contributed by atoms with Gasteiger partial charge in [0, 0.05) is 12.4 Å². The number of benzene rings is 1. The molecule has 1 aromatic heterocycles. The fourth-order valence-corrected chi connectivity index (χ4v) is 1.43. The van der Waals surface area contributed by atoms with E-state index in [-0.39, 0.29) is 0 Å². The molecule has 0 saturated carbocycles. The van der Waals surface area contributed by atoms with Gasteiger partial charge in [-0.25, -0.2) is 9.78 Å². The summed E-state index contributed by atoms with van der Waals surface area (Å²) < 4.78 is 9.79. The molecular weight excluding hydrogens is 208 g/mol. The van der Waals surface area contributed by atoms with Gasteiger partial charge in [0.25, 0.3) is 0 Å². The molecular formula is C11H10N2O3. The van der Waals surface area contributed by atoms with Crippen LogP contribution in [0.4, 0.5) is 0 Å². The summed E-state index contributed by atoms with van der Waals surface area (Å²) in [5.41, 5.74) is 1.62. The van der Waals surface area contributed by atoms with Gasteiger partial charge in [-0.2, -0.15) is 0 Å². The quantitative estimate of drug-likeness (QED) is 0.713. The Labute approximate surface area is 92.0 Å². The number of hydrogen-bond acceptors (Lipinski definition) is 5. The Kier molecular flexibility index (Phi) is 2.68. The zero-order chi connectivity index (χ0) is 11.5. The number of fused-ring (bicyclic) bond motifs is 1. The summed E-state index contributed by atoms with van der Waals surface area (Å²) in [6, 6.07) is 3.21. The fraction of sp³-hybridized carbons (Fsp3) is 0.182. The number of methoxy groups -OCH3 is 2. The van der Waals surface area contributed by atoms with Crippen molar-refractivity contribution >= 4 is 17.0 Å². The van der Waals surface area contributed by atoms with E-state index in [1.54, 1.807) is 24.5 Å². The van der Waals surface area contributed by atoms with Crippen molar-refractivity contribution < 1.29 is 14.3 Å². The Morgan fingerprint density at radius 2 is 1.94 bits per heavy atom. The molecule has 1 aromatic carbocycles. The van der Waals surface area contributed by atoms with E-state index < -0.39 is 5.97 Å². The first-order chi connectivity index (χ1) is 7.76. The molecule has 0 aliphatic rings. The van der Waals surface area contributed by atoms with E-state index in [1.165, 1.54) is 14.2 Å². The molecule has 2 rings (SSSR count). The van der Waals surface area contributed by atoms with Gasteiger partial charge in [-0.15, -0.1) is 0 Å². The van der Waals surface area contributed by atoms with Gasteiger partial charge in [0.05, 0.1) is 25.3 Å². The van der Waals surface area contributed by atoms with E-state index >= 15 is 0 Å². The Morgan fingerprint density at radius 3 is 2.62 bits per heavy atom. The molecule has 16 heavy (non-hydrogen) atoms. The highest BCUT2D eigenvalue weighted by atomic mass is 16.5. The molecule has 0 aliphatic heterocycles. The minimum absolute atomic E-state index is 0.396. The van der Waals surface area contributed by atoms with Gasteiger partial charge in [-0.05, 0) is 12.1 Å². The van der Waals surface area contributed by atoms with Crippen molar-refractivity contribution in [3.63, 3.8) is 0 Å². The lowest BCUT2D eigenvalue weighted by Crippen LogP contribution is -2.02. The average Bonchev–Trinajstić information content (AvgIpc) is 2.36. The first-order valence-electron chi connectivity index (χ1n) is 4.63. The average molecular weight is 218 g/mol. The van der Waals surface area contributed by atoms with Crippen molar-refractivity contribution in [2.45, 2.75) is 0 Å². The summed E-state index contributed by atoms with van der Waals surface area (Å²) >= 11 is 0. The van der Waals surface area contributed by atoms with Crippen LogP contribution in [0.15, 0.2) is 24.5 Å². The highest BCUT2D eigenvalue weighted by Gasteiger charge is 2.11. The molecule has 0 fully saturated rings. The van der Waals surface area contributed by atoms with Gasteiger partial charge in [-0.3, -0.25) is 4.98 Å². The molecule has 82 valence electrons. The minimum atomic E-state index is -0.425. The maximum Gasteiger partial charge on any atom is 0.338 e. The summed E-state index contributed by atoms with van der Waals surface area (Å²) in [7, 11) is 2.85. The number of ether oxygens (including phenoxy) is 2. The number of aromatic nitrogens is 2. The third-order valence-electron chi connectivity index (χ3n) is 2.18. The minimum Gasteiger partial charge on any atom is -0.494 e. The predicted molar refractivity (Wildman–Crippen MR) is 57.4 cm³/mol. The molecule has 0 radical (unpaired) electrons. The Bertz CT molecular complexity index is 540. The van der Waals surface area contributed by atoms with Gasteiger partial charge in [-0.1, -0.05) is 0 Å². The maximum atomic E-state index is 11.4. The van der Waals surface area contributed by atoms with Crippen molar-refractivity contribution in [3.05, 3.63) is 30.1 Å². The van der Waals surface area contributed by atoms with Crippen LogP contribution in [-0.2, 0) is 4.74 Å². The summed E-state index contributed by atoms with van der Waals surface area (Å²) in [6.07, 6.45) is 3.13. The molecule has 0 saturated heterocycles. The lowest BCUT2D eigenvalue weighted by atomic mass is 10.2. The van der Waals surface area contributed by atoms with Crippen molar-refractivity contribution in [1.82, 2.24) is 9.97 Å². The molecule has 0 bridgehead atoms. The number of rotatable bonds is 2. The first kappa shape index (κ1) is 10.4. The predicted octanol–water partition coefficient (Wildman–Crippen LogP) is 1.43. The molecule has 1 heterocycles. The molecule has 0 aliphatic carbocycles. The molecule has 5 nitrogen and oxygen atoms in total. The monoisotopic (exact) mass is 218 g/mol. The number of carbonyl (C=O) groups excluding carboxylic acids is 1. The normalized spacial score (nSPS) is 10.1. The van der Waals surface area contributed by atoms with Crippen LogP contribution in [0.1, 0.15) is 10.4 Å². The number of hydrogen-bond donors (Lipinski definition) is 0. The molecule has 2 aromatic rings. The van der Waals surface area contributed by atoms with E-state index in [9.17, 15) is 4.79 Å². The van der Waals surface area contributed by atoms with E-state index in [4.69, 9.17) is 4.74 Å². The van der Waals surface area contributed by atoms with Crippen LogP contribution >= 0.6 is 0 Å². The molecule has 0 amide bonds. The third-order valence-corrected chi connectivity index (χ3v) is 2.18. The van der Waals surface area contributed by atoms with Crippen LogP contribution in [0.5, 0.6) is 5.75 Å². The Morgan fingerprint density at radius 1 is 1.19 bits per heavy atom. The smallest absolute Gasteiger partial charge is 0.338 e. The van der Waals surface area contributed by atoms with Gasteiger partial charge in [0.1, 0.15) is 11.3 Å². The summed E-state index contributed by atoms with van der Waals surface area (Å²) in [6.45, 7) is 0. The molecule has 0 atom stereocenters. The van der Waals surface area contributed by atoms with E-state index in [0.717, 1.165) is 0 Å². The van der Waals surface area contributed by atoms with Gasteiger partial charge in [0.15, 0.2) is 0 Å². The van der Waals surface area contributed by atoms with Crippen molar-refractivity contribution in [3.8, 4) is 5.75 Å². The van der Waals surface area contributed by atoms with E-state index in [1.807, 2.05) is 0 Å². The molecule has 0 spiro atoms. The second-order valence-electron chi connectivity index (χ2n) is 3.09. The number of esters is 1. The topological polar surface area (TPSA) is 61.3 Å². The van der Waals surface area contributed by atoms with Crippen LogP contribution in [-0.4, -0.2) is 30.2 Å². The van der Waals surface area contributed by atoms with E-state index in [2.05, 4.69) is 14.7 Å². The highest BCUT2D eigenvalue weighted by molar-refractivity contribution is 5.95. The molecule has 0 unspecified atom stereocenters. The Balaban J connectivity index is 2.68. The second kappa shape index (κ2) is 4.14. The van der Waals surface area contributed by atoms with Crippen molar-refractivity contribution in [2.24, 2.45) is 0 Å². The van der Waals surface area contributed by atoms with Crippen molar-refractivity contribution in [2.75, 3.05) is 14.2 Å². The maximum absolute atomic E-state index is 11.4. The van der Waals surface area contributed by atoms with Gasteiger partial charge in [0.2, 0.25) is 0 Å². The van der Waals surface area contributed by atoms with Crippen LogP contribution in [0, 0.1) is 0 Å². The van der Waals surface area contributed by atoms with Crippen LogP contribution in [0.3, 0.4) is 0 Å². The summed E-state index contributed by atoms with van der Waals surface area (Å²) in [5.74, 6) is 0.0804. The summed E-state index contributed by atoms with van der Waals surface area (Å²) in [4.78, 5) is 19.7. The SMILES string of the molecule is COC(=O)c1cc(OC)c2nccnc2c1. The largest absolute Gasteiger partial charge is 0.494 e. The zero-order valence-electron chi connectivity index (χ0n) is 8.93. The third kappa shape index (κ3) is 1.67. The first-order valence-corrected chi connectivity index (χ1v) is 4.63. The highest BCUT2D eigenvalue weighted by Crippen LogP contribution is 2.24. The fourth-order valence-electron chi connectivity index (χ4n) is 1.43.